The highest BCUT2D eigenvalue weighted by Crippen LogP contribution is 2.30. The molecule has 0 aliphatic carbocycles. The van der Waals surface area contributed by atoms with E-state index in [4.69, 9.17) is 9.15 Å². The number of sulfonamides is 1. The summed E-state index contributed by atoms with van der Waals surface area (Å²) in [6.07, 6.45) is 1.29. The number of aryl methyl sites for hydroxylation is 1. The van der Waals surface area contributed by atoms with Crippen LogP contribution in [-0.4, -0.2) is 37.8 Å². The van der Waals surface area contributed by atoms with E-state index >= 15 is 0 Å². The lowest BCUT2D eigenvalue weighted by Crippen LogP contribution is -2.30. The van der Waals surface area contributed by atoms with Gasteiger partial charge < -0.3 is 14.5 Å². The lowest BCUT2D eigenvalue weighted by molar-refractivity contribution is 0.0995. The molecule has 1 heterocycles. The fourth-order valence-electron chi connectivity index (χ4n) is 2.62. The highest BCUT2D eigenvalue weighted by molar-refractivity contribution is 7.89. The van der Waals surface area contributed by atoms with Gasteiger partial charge >= 0.3 is 0 Å². The van der Waals surface area contributed by atoms with E-state index in [-0.39, 0.29) is 22.4 Å². The normalized spacial score (nSPS) is 11.8. The lowest BCUT2D eigenvalue weighted by Gasteiger charge is -2.20. The molecule has 0 aliphatic rings. The number of ether oxygens (including phenoxy) is 1. The number of benzene rings is 1. The fourth-order valence-corrected chi connectivity index (χ4v) is 4.11. The van der Waals surface area contributed by atoms with E-state index in [9.17, 15) is 13.2 Å². The van der Waals surface area contributed by atoms with Gasteiger partial charge in [-0.15, -0.1) is 0 Å². The van der Waals surface area contributed by atoms with Crippen LogP contribution in [0.25, 0.3) is 0 Å². The highest BCUT2D eigenvalue weighted by atomic mass is 32.2. The maximum absolute atomic E-state index is 12.8. The van der Waals surface area contributed by atoms with Crippen molar-refractivity contribution in [2.75, 3.05) is 18.4 Å². The van der Waals surface area contributed by atoms with Crippen LogP contribution in [0.4, 0.5) is 5.69 Å². The Balaban J connectivity index is 2.46. The molecule has 27 heavy (non-hydrogen) atoms. The predicted molar refractivity (Wildman–Crippen MR) is 104 cm³/mol. The number of nitrogens with one attached hydrogen (secondary N) is 1. The van der Waals surface area contributed by atoms with E-state index in [2.05, 4.69) is 5.32 Å². The van der Waals surface area contributed by atoms with Crippen LogP contribution in [-0.2, 0) is 10.0 Å². The summed E-state index contributed by atoms with van der Waals surface area (Å²) in [7, 11) is -3.66. The SMILES string of the molecule is CCN(CC)S(=O)(=O)c1ccc(OC(C)C)c(NC(=O)c2occc2C)c1. The van der Waals surface area contributed by atoms with Crippen molar-refractivity contribution in [1.29, 1.82) is 0 Å². The molecule has 0 bridgehead atoms. The van der Waals surface area contributed by atoms with Gasteiger partial charge in [0.1, 0.15) is 5.75 Å². The molecule has 1 amide bonds. The van der Waals surface area contributed by atoms with Gasteiger partial charge in [-0.3, -0.25) is 4.79 Å². The van der Waals surface area contributed by atoms with E-state index < -0.39 is 15.9 Å². The quantitative estimate of drug-likeness (QED) is 0.738. The number of furan rings is 1. The second kappa shape index (κ2) is 8.58. The van der Waals surface area contributed by atoms with Gasteiger partial charge in [0, 0.05) is 18.7 Å². The molecule has 1 N–H and O–H groups in total. The standard InChI is InChI=1S/C19H26N2O5S/c1-6-21(7-2)27(23,24)15-8-9-17(26-13(3)4)16(12-15)20-19(22)18-14(5)10-11-25-18/h8-13H,6-7H2,1-5H3,(H,20,22). The van der Waals surface area contributed by atoms with Gasteiger partial charge in [-0.25, -0.2) is 8.42 Å². The van der Waals surface area contributed by atoms with Crippen LogP contribution in [0.15, 0.2) is 39.8 Å². The molecule has 2 aromatic rings. The molecule has 7 nitrogen and oxygen atoms in total. The van der Waals surface area contributed by atoms with Gasteiger partial charge in [0.15, 0.2) is 5.76 Å². The van der Waals surface area contributed by atoms with Crippen molar-refractivity contribution in [2.24, 2.45) is 0 Å². The smallest absolute Gasteiger partial charge is 0.291 e. The topological polar surface area (TPSA) is 88.9 Å². The zero-order valence-corrected chi connectivity index (χ0v) is 17.1. The summed E-state index contributed by atoms with van der Waals surface area (Å²) in [4.78, 5) is 12.6. The Morgan fingerprint density at radius 3 is 2.41 bits per heavy atom. The summed E-state index contributed by atoms with van der Waals surface area (Å²) in [6, 6.07) is 6.14. The van der Waals surface area contributed by atoms with E-state index in [0.717, 1.165) is 0 Å². The van der Waals surface area contributed by atoms with Crippen molar-refractivity contribution >= 4 is 21.6 Å². The molecule has 0 spiro atoms. The molecule has 1 aromatic heterocycles. The first kappa shape index (κ1) is 21.0. The molecule has 8 heteroatoms. The molecule has 0 aliphatic heterocycles. The van der Waals surface area contributed by atoms with Gasteiger partial charge in [0.2, 0.25) is 10.0 Å². The molecular formula is C19H26N2O5S. The summed E-state index contributed by atoms with van der Waals surface area (Å²) in [5, 5.41) is 2.71. The van der Waals surface area contributed by atoms with Crippen LogP contribution in [0.1, 0.15) is 43.8 Å². The molecule has 1 aromatic carbocycles. The molecular weight excluding hydrogens is 368 g/mol. The van der Waals surface area contributed by atoms with Crippen LogP contribution >= 0.6 is 0 Å². The number of hydrogen-bond acceptors (Lipinski definition) is 5. The largest absolute Gasteiger partial charge is 0.489 e. The molecule has 0 atom stereocenters. The summed E-state index contributed by atoms with van der Waals surface area (Å²) >= 11 is 0. The van der Waals surface area contributed by atoms with E-state index in [1.807, 2.05) is 13.8 Å². The Kier molecular flexibility index (Phi) is 6.67. The molecule has 0 saturated heterocycles. The zero-order chi connectivity index (χ0) is 20.2. The first-order valence-electron chi connectivity index (χ1n) is 8.87. The van der Waals surface area contributed by atoms with Gasteiger partial charge in [-0.05, 0) is 45.0 Å². The lowest BCUT2D eigenvalue weighted by atomic mass is 10.2. The van der Waals surface area contributed by atoms with Gasteiger partial charge in [0.25, 0.3) is 5.91 Å². The summed E-state index contributed by atoms with van der Waals surface area (Å²) in [5.41, 5.74) is 0.962. The van der Waals surface area contributed by atoms with E-state index in [1.54, 1.807) is 32.9 Å². The average molecular weight is 394 g/mol. The van der Waals surface area contributed by atoms with Crippen molar-refractivity contribution < 1.29 is 22.4 Å². The monoisotopic (exact) mass is 394 g/mol. The van der Waals surface area contributed by atoms with Crippen molar-refractivity contribution in [2.45, 2.75) is 45.6 Å². The van der Waals surface area contributed by atoms with Crippen LogP contribution in [0.3, 0.4) is 0 Å². The average Bonchev–Trinajstić information content (AvgIpc) is 3.02. The Bertz CT molecular complexity index is 899. The third-order valence-corrected chi connectivity index (χ3v) is 6.02. The maximum Gasteiger partial charge on any atom is 0.291 e. The summed E-state index contributed by atoms with van der Waals surface area (Å²) < 4.78 is 37.9. The van der Waals surface area contributed by atoms with Crippen molar-refractivity contribution in [1.82, 2.24) is 4.31 Å². The minimum Gasteiger partial charge on any atom is -0.489 e. The first-order chi connectivity index (χ1) is 12.7. The minimum atomic E-state index is -3.66. The summed E-state index contributed by atoms with van der Waals surface area (Å²) in [5.74, 6) is 0.0899. The predicted octanol–water partition coefficient (Wildman–Crippen LogP) is 3.66. The Labute approximate surface area is 160 Å². The number of anilines is 1. The Morgan fingerprint density at radius 1 is 1.22 bits per heavy atom. The van der Waals surface area contributed by atoms with Gasteiger partial charge in [-0.2, -0.15) is 4.31 Å². The number of rotatable bonds is 8. The van der Waals surface area contributed by atoms with Crippen molar-refractivity contribution in [3.8, 4) is 5.75 Å². The van der Waals surface area contributed by atoms with Crippen LogP contribution < -0.4 is 10.1 Å². The van der Waals surface area contributed by atoms with Gasteiger partial charge in [-0.1, -0.05) is 13.8 Å². The Morgan fingerprint density at radius 2 is 1.89 bits per heavy atom. The maximum atomic E-state index is 12.8. The van der Waals surface area contributed by atoms with Crippen LogP contribution in [0, 0.1) is 6.92 Å². The molecule has 0 radical (unpaired) electrons. The second-order valence-corrected chi connectivity index (χ2v) is 8.24. The molecule has 0 saturated carbocycles. The second-order valence-electron chi connectivity index (χ2n) is 6.30. The van der Waals surface area contributed by atoms with Crippen molar-refractivity contribution in [3.63, 3.8) is 0 Å². The first-order valence-corrected chi connectivity index (χ1v) is 10.3. The minimum absolute atomic E-state index is 0.0915. The number of hydrogen-bond donors (Lipinski definition) is 1. The fraction of sp³-hybridized carbons (Fsp3) is 0.421. The number of amides is 1. The molecule has 0 fully saturated rings. The number of carbonyl (C=O) groups excluding carboxylic acids is 1. The third kappa shape index (κ3) is 4.70. The number of nitrogens with zero attached hydrogens (tertiary/aromatic N) is 1. The zero-order valence-electron chi connectivity index (χ0n) is 16.3. The van der Waals surface area contributed by atoms with E-state index in [1.165, 1.54) is 22.7 Å². The third-order valence-electron chi connectivity index (χ3n) is 3.97. The van der Waals surface area contributed by atoms with Crippen LogP contribution in [0.5, 0.6) is 5.75 Å². The summed E-state index contributed by atoms with van der Waals surface area (Å²) in [6.45, 7) is 9.73. The van der Waals surface area contributed by atoms with Crippen molar-refractivity contribution in [3.05, 3.63) is 41.9 Å². The molecule has 2 rings (SSSR count). The van der Waals surface area contributed by atoms with Crippen LogP contribution in [0.2, 0.25) is 0 Å². The highest BCUT2D eigenvalue weighted by Gasteiger charge is 2.24. The molecule has 0 unspecified atom stereocenters. The number of carbonyl (C=O) groups is 1. The van der Waals surface area contributed by atoms with E-state index in [0.29, 0.717) is 24.4 Å². The van der Waals surface area contributed by atoms with Gasteiger partial charge in [0.05, 0.1) is 22.9 Å². The molecule has 148 valence electrons. The Hall–Kier alpha value is -2.32.